The molecule has 37 heavy (non-hydrogen) atoms. The first kappa shape index (κ1) is 26.3. The van der Waals surface area contributed by atoms with Crippen LogP contribution in [0.2, 0.25) is 0 Å². The Balaban J connectivity index is 1.49. The molecule has 0 aliphatic rings. The maximum Gasteiger partial charge on any atom is 0.113 e. The largest absolute Gasteiger partial charge is 0.342 e. The van der Waals surface area contributed by atoms with E-state index in [4.69, 9.17) is 8.75 Å². The van der Waals surface area contributed by atoms with E-state index in [1.54, 1.807) is 0 Å². The lowest BCUT2D eigenvalue weighted by molar-refractivity contribution is 0.442. The molecule has 0 radical (unpaired) electrons. The average Bonchev–Trinajstić information content (AvgIpc) is 3.73. The third-order valence-corrected chi connectivity index (χ3v) is 12.0. The Labute approximate surface area is 233 Å². The normalized spacial score (nSPS) is 12.6. The van der Waals surface area contributed by atoms with E-state index >= 15 is 0 Å². The minimum atomic E-state index is 0.125. The molecule has 4 aromatic heterocycles. The number of aromatic nitrogens is 3. The number of nitrogens with zero attached hydrogens (tertiary/aromatic N) is 3. The van der Waals surface area contributed by atoms with Gasteiger partial charge in [0.1, 0.15) is 11.0 Å². The average molecular weight is 548 g/mol. The highest BCUT2D eigenvalue weighted by atomic mass is 32.1. The molecule has 194 valence electrons. The molecule has 5 aromatic rings. The Morgan fingerprint density at radius 3 is 1.86 bits per heavy atom. The third kappa shape index (κ3) is 4.41. The van der Waals surface area contributed by atoms with Crippen LogP contribution in [0.3, 0.4) is 0 Å². The summed E-state index contributed by atoms with van der Waals surface area (Å²) in [5.74, 6) is 0. The zero-order valence-electron chi connectivity index (χ0n) is 23.0. The lowest BCUT2D eigenvalue weighted by Crippen LogP contribution is -2.20. The van der Waals surface area contributed by atoms with E-state index in [1.807, 2.05) is 22.7 Å². The monoisotopic (exact) mass is 547 g/mol. The third-order valence-electron chi connectivity index (χ3n) is 8.89. The van der Waals surface area contributed by atoms with Crippen molar-refractivity contribution in [3.05, 3.63) is 59.0 Å². The molecule has 0 spiro atoms. The number of thiophene rings is 2. The van der Waals surface area contributed by atoms with Gasteiger partial charge >= 0.3 is 0 Å². The summed E-state index contributed by atoms with van der Waals surface area (Å²) in [7, 11) is 2.19. The molecule has 0 saturated carbocycles. The number of rotatable bonds is 9. The van der Waals surface area contributed by atoms with Crippen LogP contribution >= 0.6 is 34.4 Å². The molecule has 0 amide bonds. The molecule has 0 bridgehead atoms. The molecule has 0 atom stereocenters. The molecular formula is C31H37N3S3. The lowest BCUT2D eigenvalue weighted by Gasteiger charge is -2.27. The molecule has 6 heteroatoms. The highest BCUT2D eigenvalue weighted by Gasteiger charge is 2.28. The van der Waals surface area contributed by atoms with Gasteiger partial charge < -0.3 is 4.57 Å². The molecule has 0 fully saturated rings. The van der Waals surface area contributed by atoms with Crippen molar-refractivity contribution in [2.75, 3.05) is 0 Å². The van der Waals surface area contributed by atoms with Gasteiger partial charge in [-0.2, -0.15) is 8.75 Å². The van der Waals surface area contributed by atoms with Gasteiger partial charge in [0, 0.05) is 27.8 Å². The highest BCUT2D eigenvalue weighted by Crippen LogP contribution is 2.44. The molecular weight excluding hydrogens is 511 g/mol. The number of fused-ring (bicyclic) bond motifs is 1. The van der Waals surface area contributed by atoms with Gasteiger partial charge in [-0.15, -0.1) is 22.7 Å². The summed E-state index contributed by atoms with van der Waals surface area (Å²) in [5, 5.41) is 0. The predicted molar refractivity (Wildman–Crippen MR) is 164 cm³/mol. The Bertz CT molecular complexity index is 1520. The minimum Gasteiger partial charge on any atom is -0.342 e. The van der Waals surface area contributed by atoms with Crippen LogP contribution in [0.25, 0.3) is 42.6 Å². The summed E-state index contributed by atoms with van der Waals surface area (Å²) >= 11 is 5.11. The van der Waals surface area contributed by atoms with Crippen LogP contribution in [-0.2, 0) is 17.9 Å². The van der Waals surface area contributed by atoms with E-state index in [2.05, 4.69) is 102 Å². The van der Waals surface area contributed by atoms with Crippen molar-refractivity contribution in [2.45, 2.75) is 78.1 Å². The van der Waals surface area contributed by atoms with Crippen molar-refractivity contribution in [3.8, 4) is 31.6 Å². The molecule has 0 saturated heterocycles. The predicted octanol–water partition coefficient (Wildman–Crippen LogP) is 10.3. The Hall–Kier alpha value is -2.28. The topological polar surface area (TPSA) is 30.7 Å². The fraction of sp³-hybridized carbons (Fsp3) is 0.419. The molecule has 0 aliphatic carbocycles. The Kier molecular flexibility index (Phi) is 7.20. The maximum atomic E-state index is 4.75. The van der Waals surface area contributed by atoms with Gasteiger partial charge in [0.2, 0.25) is 0 Å². The Morgan fingerprint density at radius 1 is 0.649 bits per heavy atom. The van der Waals surface area contributed by atoms with E-state index in [0.29, 0.717) is 0 Å². The molecule has 0 unspecified atom stereocenters. The van der Waals surface area contributed by atoms with Crippen LogP contribution in [-0.4, -0.2) is 13.3 Å². The smallest absolute Gasteiger partial charge is 0.113 e. The maximum absolute atomic E-state index is 4.75. The van der Waals surface area contributed by atoms with Crippen LogP contribution in [0.15, 0.2) is 48.5 Å². The van der Waals surface area contributed by atoms with Gasteiger partial charge in [-0.05, 0) is 73.1 Å². The van der Waals surface area contributed by atoms with Crippen molar-refractivity contribution >= 4 is 45.4 Å². The van der Waals surface area contributed by atoms with Crippen molar-refractivity contribution in [2.24, 2.45) is 7.05 Å². The van der Waals surface area contributed by atoms with Gasteiger partial charge in [-0.3, -0.25) is 0 Å². The van der Waals surface area contributed by atoms with E-state index in [0.717, 1.165) is 23.9 Å². The lowest BCUT2D eigenvalue weighted by atomic mass is 9.77. The summed E-state index contributed by atoms with van der Waals surface area (Å²) in [6, 6.07) is 18.2. The number of benzene rings is 1. The molecule has 0 N–H and O–H groups in total. The first-order valence-corrected chi connectivity index (χ1v) is 15.8. The first-order valence-electron chi connectivity index (χ1n) is 13.4. The van der Waals surface area contributed by atoms with Crippen molar-refractivity contribution < 1.29 is 0 Å². The van der Waals surface area contributed by atoms with Gasteiger partial charge in [-0.25, -0.2) is 0 Å². The van der Waals surface area contributed by atoms with Crippen LogP contribution in [0.1, 0.15) is 77.7 Å². The van der Waals surface area contributed by atoms with Crippen LogP contribution < -0.4 is 0 Å². The Morgan fingerprint density at radius 2 is 1.22 bits per heavy atom. The summed E-state index contributed by atoms with van der Waals surface area (Å²) < 4.78 is 11.8. The fourth-order valence-electron chi connectivity index (χ4n) is 5.21. The van der Waals surface area contributed by atoms with E-state index in [-0.39, 0.29) is 10.8 Å². The quantitative estimate of drug-likeness (QED) is 0.184. The van der Waals surface area contributed by atoms with Crippen molar-refractivity contribution in [1.82, 2.24) is 13.3 Å². The summed E-state index contributed by atoms with van der Waals surface area (Å²) in [6.07, 6.45) is 4.52. The molecule has 4 heterocycles. The minimum absolute atomic E-state index is 0.125. The summed E-state index contributed by atoms with van der Waals surface area (Å²) in [5.41, 5.74) is 7.55. The fourth-order valence-corrected chi connectivity index (χ4v) is 8.23. The van der Waals surface area contributed by atoms with Gasteiger partial charge in [0.25, 0.3) is 0 Å². The second-order valence-electron chi connectivity index (χ2n) is 10.6. The summed E-state index contributed by atoms with van der Waals surface area (Å²) in [4.78, 5) is 5.35. The zero-order valence-corrected chi connectivity index (χ0v) is 25.5. The number of hydrogen-bond acceptors (Lipinski definition) is 5. The zero-order chi connectivity index (χ0) is 26.4. The first-order chi connectivity index (χ1) is 17.8. The van der Waals surface area contributed by atoms with E-state index < -0.39 is 0 Å². The second kappa shape index (κ2) is 10.1. The molecule has 3 nitrogen and oxygen atoms in total. The van der Waals surface area contributed by atoms with Crippen LogP contribution in [0.5, 0.6) is 0 Å². The molecule has 5 rings (SSSR count). The van der Waals surface area contributed by atoms with Crippen LogP contribution in [0.4, 0.5) is 0 Å². The SMILES string of the molecule is CCC(C)(CC)c1ccc(-c2ccc(-c3ccc(-c4ccc(C(C)(CC)CC)c5nsnc45)s3)n2C)s1. The number of hydrogen-bond donors (Lipinski definition) is 0. The van der Waals surface area contributed by atoms with E-state index in [1.165, 1.54) is 66.6 Å². The van der Waals surface area contributed by atoms with Crippen LogP contribution in [0, 0.1) is 0 Å². The molecule has 1 aromatic carbocycles. The van der Waals surface area contributed by atoms with Crippen molar-refractivity contribution in [1.29, 1.82) is 0 Å². The second-order valence-corrected chi connectivity index (χ2v) is 13.3. The standard InChI is InChI=1S/C31H37N3S3/c1-8-30(5,9-2)21-13-12-20(28-29(21)33-37-32-28)24-16-17-25(35-24)22-14-15-23(34(22)7)26-18-19-27(36-26)31(6,10-3)11-4/h12-19H,8-11H2,1-7H3. The highest BCUT2D eigenvalue weighted by molar-refractivity contribution is 7.19. The van der Waals surface area contributed by atoms with Gasteiger partial charge in [0.15, 0.2) is 0 Å². The summed E-state index contributed by atoms with van der Waals surface area (Å²) in [6.45, 7) is 13.9. The molecule has 0 aliphatic heterocycles. The van der Waals surface area contributed by atoms with Gasteiger partial charge in [-0.1, -0.05) is 53.7 Å². The van der Waals surface area contributed by atoms with Gasteiger partial charge in [0.05, 0.1) is 32.9 Å². The van der Waals surface area contributed by atoms with E-state index in [9.17, 15) is 0 Å². The van der Waals surface area contributed by atoms with Crippen molar-refractivity contribution in [3.63, 3.8) is 0 Å².